The minimum atomic E-state index is -4.54. The summed E-state index contributed by atoms with van der Waals surface area (Å²) in [7, 11) is 0. The molecule has 0 fully saturated rings. The highest BCUT2D eigenvalue weighted by Crippen LogP contribution is 2.35. The molecule has 0 aliphatic carbocycles. The van der Waals surface area contributed by atoms with E-state index in [0.717, 1.165) is 24.3 Å². The highest BCUT2D eigenvalue weighted by Gasteiger charge is 2.31. The van der Waals surface area contributed by atoms with E-state index in [2.05, 4.69) is 0 Å². The second-order valence-electron chi connectivity index (χ2n) is 4.33. The number of rotatable bonds is 2. The van der Waals surface area contributed by atoms with Crippen LogP contribution < -0.4 is 4.74 Å². The van der Waals surface area contributed by atoms with Crippen LogP contribution in [0.1, 0.15) is 16.7 Å². The summed E-state index contributed by atoms with van der Waals surface area (Å²) in [5.74, 6) is -0.515. The molecule has 0 radical (unpaired) electrons. The van der Waals surface area contributed by atoms with Gasteiger partial charge in [-0.15, -0.1) is 0 Å². The molecule has 0 aliphatic rings. The van der Waals surface area contributed by atoms with Gasteiger partial charge in [-0.2, -0.15) is 18.4 Å². The van der Waals surface area contributed by atoms with E-state index in [9.17, 15) is 17.6 Å². The Labute approximate surface area is 118 Å². The smallest absolute Gasteiger partial charge is 0.416 e. The molecule has 6 heteroatoms. The maximum Gasteiger partial charge on any atom is 0.416 e. The molecule has 2 aromatic carbocycles. The third-order valence-corrected chi connectivity index (χ3v) is 2.79. The first-order chi connectivity index (χ1) is 9.81. The first-order valence-corrected chi connectivity index (χ1v) is 5.86. The van der Waals surface area contributed by atoms with Gasteiger partial charge in [-0.3, -0.25) is 0 Å². The number of benzene rings is 2. The minimum Gasteiger partial charge on any atom is -0.456 e. The molecule has 0 saturated carbocycles. The van der Waals surface area contributed by atoms with Crippen molar-refractivity contribution in [3.8, 4) is 17.6 Å². The minimum absolute atomic E-state index is 0.0354. The topological polar surface area (TPSA) is 33.0 Å². The molecule has 0 saturated heterocycles. The lowest BCUT2D eigenvalue weighted by Gasteiger charge is -2.13. The molecule has 2 rings (SSSR count). The Balaban J connectivity index is 2.45. The standard InChI is InChI=1S/C15H9F4NO/c1-9-6-12(16)4-5-13(9)21-14-7-11(15(17,18)19)3-2-10(14)8-20/h2-7H,1H3. The van der Waals surface area contributed by atoms with Gasteiger partial charge in [0.15, 0.2) is 0 Å². The van der Waals surface area contributed by atoms with E-state index in [1.54, 1.807) is 13.0 Å². The predicted molar refractivity (Wildman–Crippen MR) is 67.4 cm³/mol. The average molecular weight is 295 g/mol. The fourth-order valence-electron chi connectivity index (χ4n) is 1.72. The highest BCUT2D eigenvalue weighted by atomic mass is 19.4. The predicted octanol–water partition coefficient (Wildman–Crippen LogP) is 4.82. The quantitative estimate of drug-likeness (QED) is 0.744. The first kappa shape index (κ1) is 14.9. The third kappa shape index (κ3) is 3.31. The van der Waals surface area contributed by atoms with Gasteiger partial charge < -0.3 is 4.74 Å². The van der Waals surface area contributed by atoms with Crippen molar-refractivity contribution in [2.24, 2.45) is 0 Å². The van der Waals surface area contributed by atoms with Gasteiger partial charge in [0.25, 0.3) is 0 Å². The Morgan fingerprint density at radius 1 is 1.05 bits per heavy atom. The molecule has 0 spiro atoms. The summed E-state index contributed by atoms with van der Waals surface area (Å²) in [5, 5.41) is 8.93. The lowest BCUT2D eigenvalue weighted by molar-refractivity contribution is -0.137. The summed E-state index contributed by atoms with van der Waals surface area (Å²) in [6.07, 6.45) is -4.54. The van der Waals surface area contributed by atoms with Crippen LogP contribution in [0.25, 0.3) is 0 Å². The summed E-state index contributed by atoms with van der Waals surface area (Å²) in [6, 6.07) is 7.97. The second kappa shape index (κ2) is 5.44. The molecule has 21 heavy (non-hydrogen) atoms. The van der Waals surface area contributed by atoms with E-state index in [0.29, 0.717) is 5.56 Å². The fraction of sp³-hybridized carbons (Fsp3) is 0.133. The number of nitrogens with zero attached hydrogens (tertiary/aromatic N) is 1. The van der Waals surface area contributed by atoms with Gasteiger partial charge in [-0.1, -0.05) is 0 Å². The van der Waals surface area contributed by atoms with Crippen molar-refractivity contribution in [3.63, 3.8) is 0 Å². The van der Waals surface area contributed by atoms with Gasteiger partial charge in [0.2, 0.25) is 0 Å². The number of nitriles is 1. The van der Waals surface area contributed by atoms with Crippen LogP contribution >= 0.6 is 0 Å². The number of halogens is 4. The van der Waals surface area contributed by atoms with Crippen LogP contribution in [0.5, 0.6) is 11.5 Å². The number of alkyl halides is 3. The molecule has 0 unspecified atom stereocenters. The van der Waals surface area contributed by atoms with E-state index in [-0.39, 0.29) is 17.1 Å². The van der Waals surface area contributed by atoms with E-state index in [1.165, 1.54) is 12.1 Å². The zero-order valence-corrected chi connectivity index (χ0v) is 10.8. The molecule has 0 aromatic heterocycles. The summed E-state index contributed by atoms with van der Waals surface area (Å²) in [5.41, 5.74) is -0.542. The van der Waals surface area contributed by atoms with E-state index in [1.807, 2.05) is 0 Å². The molecule has 0 heterocycles. The lowest BCUT2D eigenvalue weighted by atomic mass is 10.1. The molecule has 0 N–H and O–H groups in total. The number of aryl methyl sites for hydroxylation is 1. The molecular formula is C15H9F4NO. The molecule has 108 valence electrons. The normalized spacial score (nSPS) is 11.0. The van der Waals surface area contributed by atoms with E-state index in [4.69, 9.17) is 10.00 Å². The Hall–Kier alpha value is -2.55. The van der Waals surface area contributed by atoms with Crippen LogP contribution in [-0.2, 0) is 6.18 Å². The van der Waals surface area contributed by atoms with Crippen LogP contribution in [0.3, 0.4) is 0 Å². The van der Waals surface area contributed by atoms with Gasteiger partial charge in [0.1, 0.15) is 23.4 Å². The van der Waals surface area contributed by atoms with Gasteiger partial charge >= 0.3 is 6.18 Å². The Bertz CT molecular complexity index is 717. The third-order valence-electron chi connectivity index (χ3n) is 2.79. The van der Waals surface area contributed by atoms with Gasteiger partial charge in [0.05, 0.1) is 11.1 Å². The largest absolute Gasteiger partial charge is 0.456 e. The maximum absolute atomic E-state index is 13.0. The van der Waals surface area contributed by atoms with Gasteiger partial charge in [0, 0.05) is 0 Å². The zero-order chi connectivity index (χ0) is 15.6. The first-order valence-electron chi connectivity index (χ1n) is 5.86. The molecule has 2 aromatic rings. The Kier molecular flexibility index (Phi) is 3.85. The number of hydrogen-bond acceptors (Lipinski definition) is 2. The second-order valence-corrected chi connectivity index (χ2v) is 4.33. The SMILES string of the molecule is Cc1cc(F)ccc1Oc1cc(C(F)(F)F)ccc1C#N. The van der Waals surface area contributed by atoms with Crippen molar-refractivity contribution >= 4 is 0 Å². The Morgan fingerprint density at radius 2 is 1.76 bits per heavy atom. The summed E-state index contributed by atoms with van der Waals surface area (Å²) in [4.78, 5) is 0. The van der Waals surface area contributed by atoms with Crippen molar-refractivity contribution in [2.45, 2.75) is 13.1 Å². The van der Waals surface area contributed by atoms with Gasteiger partial charge in [-0.25, -0.2) is 4.39 Å². The molecule has 0 aliphatic heterocycles. The van der Waals surface area contributed by atoms with Gasteiger partial charge in [-0.05, 0) is 48.9 Å². The maximum atomic E-state index is 13.0. The fourth-order valence-corrected chi connectivity index (χ4v) is 1.72. The summed E-state index contributed by atoms with van der Waals surface area (Å²) >= 11 is 0. The monoisotopic (exact) mass is 295 g/mol. The zero-order valence-electron chi connectivity index (χ0n) is 10.8. The van der Waals surface area contributed by atoms with Crippen molar-refractivity contribution in [2.75, 3.05) is 0 Å². The molecule has 0 atom stereocenters. The Morgan fingerprint density at radius 3 is 2.33 bits per heavy atom. The van der Waals surface area contributed by atoms with Crippen LogP contribution in [0, 0.1) is 24.1 Å². The molecule has 2 nitrogen and oxygen atoms in total. The van der Waals surface area contributed by atoms with Crippen LogP contribution in [0.15, 0.2) is 36.4 Å². The molecule has 0 amide bonds. The van der Waals surface area contributed by atoms with Crippen molar-refractivity contribution in [1.29, 1.82) is 5.26 Å². The van der Waals surface area contributed by atoms with Crippen LogP contribution in [0.4, 0.5) is 17.6 Å². The number of ether oxygens (including phenoxy) is 1. The van der Waals surface area contributed by atoms with E-state index >= 15 is 0 Å². The van der Waals surface area contributed by atoms with Crippen molar-refractivity contribution in [1.82, 2.24) is 0 Å². The van der Waals surface area contributed by atoms with E-state index < -0.39 is 17.6 Å². The summed E-state index contributed by atoms with van der Waals surface area (Å²) in [6.45, 7) is 1.55. The van der Waals surface area contributed by atoms with Crippen LogP contribution in [-0.4, -0.2) is 0 Å². The number of hydrogen-bond donors (Lipinski definition) is 0. The molecule has 0 bridgehead atoms. The van der Waals surface area contributed by atoms with Crippen molar-refractivity contribution < 1.29 is 22.3 Å². The van der Waals surface area contributed by atoms with Crippen LogP contribution in [0.2, 0.25) is 0 Å². The lowest BCUT2D eigenvalue weighted by Crippen LogP contribution is -2.05. The highest BCUT2D eigenvalue weighted by molar-refractivity contribution is 5.49. The molecular weight excluding hydrogens is 286 g/mol. The summed E-state index contributed by atoms with van der Waals surface area (Å²) < 4.78 is 56.4. The van der Waals surface area contributed by atoms with Crippen molar-refractivity contribution in [3.05, 3.63) is 58.9 Å². The average Bonchev–Trinajstić information content (AvgIpc) is 2.41.